The van der Waals surface area contributed by atoms with E-state index < -0.39 is 5.97 Å². The van der Waals surface area contributed by atoms with Crippen molar-refractivity contribution in [1.29, 1.82) is 5.26 Å². The number of aromatic nitrogens is 2. The highest BCUT2D eigenvalue weighted by Gasteiger charge is 2.14. The number of carbonyl (C=O) groups is 1. The first-order chi connectivity index (χ1) is 12.1. The maximum atomic E-state index is 11.9. The monoisotopic (exact) mass is 334 g/mol. The van der Waals surface area contributed by atoms with Crippen LogP contribution in [0, 0.1) is 11.3 Å². The van der Waals surface area contributed by atoms with Crippen LogP contribution in [0.4, 0.5) is 5.69 Å². The summed E-state index contributed by atoms with van der Waals surface area (Å²) in [6.45, 7) is 1.98. The summed E-state index contributed by atoms with van der Waals surface area (Å²) in [4.78, 5) is 23.0. The Balaban J connectivity index is 2.01. The fraction of sp³-hybridized carbons (Fsp3) is 0.111. The Morgan fingerprint density at radius 1 is 1.48 bits per heavy atom. The summed E-state index contributed by atoms with van der Waals surface area (Å²) in [6.07, 6.45) is 2.84. The summed E-state index contributed by atoms with van der Waals surface area (Å²) in [5.74, 6) is -0.592. The minimum absolute atomic E-state index is 0.108. The van der Waals surface area contributed by atoms with Crippen molar-refractivity contribution in [3.8, 4) is 11.9 Å². The molecule has 0 atom stereocenters. The number of carbonyl (C=O) groups excluding carboxylic acids is 1. The van der Waals surface area contributed by atoms with Gasteiger partial charge in [-0.2, -0.15) is 5.26 Å². The van der Waals surface area contributed by atoms with E-state index in [4.69, 9.17) is 10.00 Å². The minimum Gasteiger partial charge on any atom is -0.494 e. The number of nitrogens with one attached hydrogen (secondary N) is 1. The number of aromatic amines is 1. The van der Waals surface area contributed by atoms with Crippen molar-refractivity contribution < 1.29 is 14.6 Å². The van der Waals surface area contributed by atoms with E-state index in [1.165, 1.54) is 12.4 Å². The zero-order chi connectivity index (χ0) is 17.8. The smallest absolute Gasteiger partial charge is 0.339 e. The van der Waals surface area contributed by atoms with Crippen molar-refractivity contribution in [3.63, 3.8) is 0 Å². The highest BCUT2D eigenvalue weighted by atomic mass is 16.5. The number of hydrogen-bond acceptors (Lipinski definition) is 6. The fourth-order valence-electron chi connectivity index (χ4n) is 2.33. The third-order valence-corrected chi connectivity index (χ3v) is 3.50. The molecule has 0 unspecified atom stereocenters. The van der Waals surface area contributed by atoms with Gasteiger partial charge in [-0.1, -0.05) is 6.07 Å². The molecule has 25 heavy (non-hydrogen) atoms. The second-order valence-corrected chi connectivity index (χ2v) is 5.15. The van der Waals surface area contributed by atoms with Gasteiger partial charge in [0.05, 0.1) is 35.1 Å². The molecule has 0 aliphatic rings. The molecule has 124 valence electrons. The Hall–Kier alpha value is -3.66. The number of rotatable bonds is 4. The molecule has 2 N–H and O–H groups in total. The van der Waals surface area contributed by atoms with Gasteiger partial charge in [-0.3, -0.25) is 4.99 Å². The van der Waals surface area contributed by atoms with Gasteiger partial charge in [-0.05, 0) is 31.2 Å². The van der Waals surface area contributed by atoms with E-state index in [0.717, 1.165) is 0 Å². The lowest BCUT2D eigenvalue weighted by Crippen LogP contribution is -2.04. The molecule has 0 aliphatic heterocycles. The Labute approximate surface area is 143 Å². The fourth-order valence-corrected chi connectivity index (χ4v) is 2.33. The van der Waals surface area contributed by atoms with Crippen LogP contribution in [0.5, 0.6) is 5.88 Å². The summed E-state index contributed by atoms with van der Waals surface area (Å²) in [5.41, 5.74) is 2.18. The molecular formula is C18H14N4O3. The number of aliphatic imine (C=N–C) groups is 1. The van der Waals surface area contributed by atoms with E-state index in [2.05, 4.69) is 15.0 Å². The summed E-state index contributed by atoms with van der Waals surface area (Å²) in [5, 5.41) is 19.6. The first-order valence-corrected chi connectivity index (χ1v) is 7.54. The lowest BCUT2D eigenvalue weighted by Gasteiger charge is -2.01. The Kier molecular flexibility index (Phi) is 4.44. The second kappa shape index (κ2) is 6.84. The number of pyridine rings is 1. The highest BCUT2D eigenvalue weighted by molar-refractivity contribution is 6.03. The Morgan fingerprint density at radius 2 is 2.32 bits per heavy atom. The molecule has 2 aromatic heterocycles. The number of nitriles is 1. The molecule has 0 aliphatic carbocycles. The highest BCUT2D eigenvalue weighted by Crippen LogP contribution is 2.26. The summed E-state index contributed by atoms with van der Waals surface area (Å²) < 4.78 is 4.96. The van der Waals surface area contributed by atoms with E-state index >= 15 is 0 Å². The quantitative estimate of drug-likeness (QED) is 0.562. The second-order valence-electron chi connectivity index (χ2n) is 5.15. The minimum atomic E-state index is -0.484. The van der Waals surface area contributed by atoms with Gasteiger partial charge >= 0.3 is 5.97 Å². The van der Waals surface area contributed by atoms with Gasteiger partial charge < -0.3 is 14.8 Å². The van der Waals surface area contributed by atoms with E-state index in [9.17, 15) is 9.90 Å². The molecule has 1 aromatic carbocycles. The summed E-state index contributed by atoms with van der Waals surface area (Å²) >= 11 is 0. The number of nitrogens with zero attached hydrogens (tertiary/aromatic N) is 3. The lowest BCUT2D eigenvalue weighted by atomic mass is 10.1. The molecule has 2 heterocycles. The van der Waals surface area contributed by atoms with Crippen molar-refractivity contribution >= 4 is 28.9 Å². The van der Waals surface area contributed by atoms with Crippen LogP contribution in [0.1, 0.15) is 28.4 Å². The number of fused-ring (bicyclic) bond motifs is 1. The maximum Gasteiger partial charge on any atom is 0.339 e. The van der Waals surface area contributed by atoms with Crippen molar-refractivity contribution in [1.82, 2.24) is 9.97 Å². The molecule has 7 heteroatoms. The zero-order valence-electron chi connectivity index (χ0n) is 13.4. The molecule has 3 rings (SSSR count). The first kappa shape index (κ1) is 16.2. The predicted molar refractivity (Wildman–Crippen MR) is 92.1 cm³/mol. The number of esters is 1. The third-order valence-electron chi connectivity index (χ3n) is 3.50. The maximum absolute atomic E-state index is 11.9. The van der Waals surface area contributed by atoms with Gasteiger partial charge in [0.15, 0.2) is 5.88 Å². The van der Waals surface area contributed by atoms with Crippen LogP contribution in [0.25, 0.3) is 11.0 Å². The van der Waals surface area contributed by atoms with E-state index in [1.807, 2.05) is 6.07 Å². The van der Waals surface area contributed by atoms with Crippen LogP contribution in [0.2, 0.25) is 0 Å². The third kappa shape index (κ3) is 3.33. The molecule has 0 amide bonds. The first-order valence-electron chi connectivity index (χ1n) is 7.54. The van der Waals surface area contributed by atoms with E-state index in [1.54, 1.807) is 37.3 Å². The standard InChI is InChI=1S/C18H14N4O3/c1-2-25-18(24)12-7-14-15(17(23)22-16(14)21-9-12)10-20-13-5-3-4-11(6-13)8-19/h3-7,9-10,23H,2H2,1H3,(H,21,22). The number of aromatic hydroxyl groups is 1. The molecule has 0 spiro atoms. The van der Waals surface area contributed by atoms with Crippen LogP contribution in [-0.4, -0.2) is 33.9 Å². The van der Waals surface area contributed by atoms with Crippen LogP contribution in [0.3, 0.4) is 0 Å². The molecular weight excluding hydrogens is 320 g/mol. The van der Waals surface area contributed by atoms with Gasteiger partial charge in [-0.15, -0.1) is 0 Å². The van der Waals surface area contributed by atoms with Gasteiger partial charge in [0.2, 0.25) is 0 Å². The Bertz CT molecular complexity index is 1010. The Morgan fingerprint density at radius 3 is 3.08 bits per heavy atom. The molecule has 0 saturated carbocycles. The molecule has 0 radical (unpaired) electrons. The zero-order valence-corrected chi connectivity index (χ0v) is 13.4. The number of ether oxygens (including phenoxy) is 1. The number of hydrogen-bond donors (Lipinski definition) is 2. The van der Waals surface area contributed by atoms with Crippen LogP contribution in [0.15, 0.2) is 41.5 Å². The van der Waals surface area contributed by atoms with Crippen LogP contribution in [-0.2, 0) is 4.74 Å². The topological polar surface area (TPSA) is 111 Å². The van der Waals surface area contributed by atoms with Crippen LogP contribution >= 0.6 is 0 Å². The average molecular weight is 334 g/mol. The molecule has 0 bridgehead atoms. The van der Waals surface area contributed by atoms with Crippen molar-refractivity contribution in [2.24, 2.45) is 4.99 Å². The van der Waals surface area contributed by atoms with Crippen molar-refractivity contribution in [2.75, 3.05) is 6.61 Å². The van der Waals surface area contributed by atoms with E-state index in [0.29, 0.717) is 27.8 Å². The van der Waals surface area contributed by atoms with Gasteiger partial charge in [0.1, 0.15) is 5.65 Å². The van der Waals surface area contributed by atoms with Crippen molar-refractivity contribution in [2.45, 2.75) is 6.92 Å². The normalized spacial score (nSPS) is 10.9. The lowest BCUT2D eigenvalue weighted by molar-refractivity contribution is 0.0526. The largest absolute Gasteiger partial charge is 0.494 e. The number of benzene rings is 1. The summed E-state index contributed by atoms with van der Waals surface area (Å²) in [6, 6.07) is 10.4. The molecule has 0 saturated heterocycles. The average Bonchev–Trinajstić information content (AvgIpc) is 2.94. The number of H-pyrrole nitrogens is 1. The van der Waals surface area contributed by atoms with Gasteiger partial charge in [0, 0.05) is 17.8 Å². The SMILES string of the molecule is CCOC(=O)c1cnc2[nH]c(O)c(C=Nc3cccc(C#N)c3)c2c1. The molecule has 7 nitrogen and oxygen atoms in total. The summed E-state index contributed by atoms with van der Waals surface area (Å²) in [7, 11) is 0. The molecule has 3 aromatic rings. The van der Waals surface area contributed by atoms with E-state index in [-0.39, 0.29) is 18.1 Å². The van der Waals surface area contributed by atoms with Crippen molar-refractivity contribution in [3.05, 3.63) is 53.2 Å². The van der Waals surface area contributed by atoms with Gasteiger partial charge in [0.25, 0.3) is 0 Å². The van der Waals surface area contributed by atoms with Crippen LogP contribution < -0.4 is 0 Å². The van der Waals surface area contributed by atoms with Gasteiger partial charge in [-0.25, -0.2) is 9.78 Å². The predicted octanol–water partition coefficient (Wildman–Crippen LogP) is 3.07. The molecule has 0 fully saturated rings.